The van der Waals surface area contributed by atoms with E-state index in [-0.39, 0.29) is 22.3 Å². The van der Waals surface area contributed by atoms with E-state index in [1.54, 1.807) is 6.07 Å². The van der Waals surface area contributed by atoms with E-state index < -0.39 is 23.7 Å². The van der Waals surface area contributed by atoms with Crippen LogP contribution in [0.3, 0.4) is 0 Å². The molecule has 2 aromatic carbocycles. The second-order valence-electron chi connectivity index (χ2n) is 7.32. The minimum absolute atomic E-state index is 0.173. The number of Topliss-reactive ketones (excluding diaryl/α,β-unsaturated/α-hetero) is 1. The van der Waals surface area contributed by atoms with Crippen LogP contribution in [0.5, 0.6) is 0 Å². The Balaban J connectivity index is 1.93. The van der Waals surface area contributed by atoms with E-state index in [0.717, 1.165) is 5.69 Å². The highest BCUT2D eigenvalue weighted by Crippen LogP contribution is 2.45. The molecule has 0 bridgehead atoms. The maximum atomic E-state index is 14.9. The number of allylic oxidation sites excluding steroid dienone is 1. The smallest absolute Gasteiger partial charge is 0.316 e. The lowest BCUT2D eigenvalue weighted by Gasteiger charge is -2.32. The summed E-state index contributed by atoms with van der Waals surface area (Å²) in [5.74, 6) is -2.71. The van der Waals surface area contributed by atoms with Crippen LogP contribution in [0.1, 0.15) is 24.9 Å². The van der Waals surface area contributed by atoms with Crippen LogP contribution >= 0.6 is 11.6 Å². The van der Waals surface area contributed by atoms with Crippen LogP contribution < -0.4 is 10.6 Å². The normalized spacial score (nSPS) is 23.3. The Morgan fingerprint density at radius 2 is 1.90 bits per heavy atom. The minimum atomic E-state index is -0.948. The Labute approximate surface area is 172 Å². The lowest BCUT2D eigenvalue weighted by Crippen LogP contribution is -2.39. The number of para-hydroxylation sites is 2. The van der Waals surface area contributed by atoms with Gasteiger partial charge in [0, 0.05) is 21.9 Å². The van der Waals surface area contributed by atoms with E-state index in [1.807, 2.05) is 31.2 Å². The van der Waals surface area contributed by atoms with Crippen molar-refractivity contribution in [1.82, 2.24) is 0 Å². The highest BCUT2D eigenvalue weighted by molar-refractivity contribution is 6.31. The fourth-order valence-corrected chi connectivity index (χ4v) is 4.41. The minimum Gasteiger partial charge on any atom is -0.468 e. The molecule has 2 N–H and O–H groups in total. The van der Waals surface area contributed by atoms with Crippen molar-refractivity contribution >= 4 is 34.7 Å². The summed E-state index contributed by atoms with van der Waals surface area (Å²) >= 11 is 6.35. The molecule has 0 aromatic heterocycles. The first kappa shape index (κ1) is 19.5. The quantitative estimate of drug-likeness (QED) is 0.550. The molecule has 0 saturated heterocycles. The highest BCUT2D eigenvalue weighted by atomic mass is 35.5. The SMILES string of the molecule is COC(=O)[C@@H]1C(=O)C2=C(C[C@H]1C)Nc1ccccc1N[C@@H]2c1c(F)cccc1Cl. The van der Waals surface area contributed by atoms with Crippen LogP contribution in [-0.2, 0) is 14.3 Å². The number of anilines is 2. The molecule has 150 valence electrons. The third kappa shape index (κ3) is 3.27. The Morgan fingerprint density at radius 3 is 2.59 bits per heavy atom. The molecular weight excluding hydrogens is 395 g/mol. The molecule has 29 heavy (non-hydrogen) atoms. The lowest BCUT2D eigenvalue weighted by molar-refractivity contribution is -0.151. The lowest BCUT2D eigenvalue weighted by atomic mass is 9.74. The van der Waals surface area contributed by atoms with Gasteiger partial charge < -0.3 is 15.4 Å². The number of hydrogen-bond donors (Lipinski definition) is 2. The molecule has 0 spiro atoms. The number of carbonyl (C=O) groups is 2. The van der Waals surface area contributed by atoms with Gasteiger partial charge in [-0.3, -0.25) is 9.59 Å². The van der Waals surface area contributed by atoms with Crippen LogP contribution in [0.15, 0.2) is 53.7 Å². The molecule has 7 heteroatoms. The number of hydrogen-bond acceptors (Lipinski definition) is 5. The van der Waals surface area contributed by atoms with Gasteiger partial charge in [-0.15, -0.1) is 0 Å². The molecule has 2 aromatic rings. The summed E-state index contributed by atoms with van der Waals surface area (Å²) in [6.45, 7) is 1.83. The van der Waals surface area contributed by atoms with Crippen molar-refractivity contribution in [3.63, 3.8) is 0 Å². The first-order valence-corrected chi connectivity index (χ1v) is 9.71. The van der Waals surface area contributed by atoms with Crippen LogP contribution in [0, 0.1) is 17.7 Å². The number of nitrogens with one attached hydrogen (secondary N) is 2. The van der Waals surface area contributed by atoms with Crippen LogP contribution in [0.2, 0.25) is 5.02 Å². The zero-order valence-electron chi connectivity index (χ0n) is 16.0. The standard InChI is InChI=1S/C22H20ClFN2O3/c1-11-10-16-19(21(27)17(11)22(28)29-2)20(18-12(23)6-5-7-13(18)24)26-15-9-4-3-8-14(15)25-16/h3-9,11,17,20,25-26H,10H2,1-2H3/t11-,17+,20-/m1/s1. The summed E-state index contributed by atoms with van der Waals surface area (Å²) < 4.78 is 19.7. The fraction of sp³-hybridized carbons (Fsp3) is 0.273. The zero-order valence-corrected chi connectivity index (χ0v) is 16.7. The summed E-state index contributed by atoms with van der Waals surface area (Å²) in [4.78, 5) is 25.8. The third-order valence-electron chi connectivity index (χ3n) is 5.51. The monoisotopic (exact) mass is 414 g/mol. The van der Waals surface area contributed by atoms with Crippen molar-refractivity contribution in [3.8, 4) is 0 Å². The molecule has 0 amide bonds. The number of benzene rings is 2. The third-order valence-corrected chi connectivity index (χ3v) is 5.84. The van der Waals surface area contributed by atoms with Gasteiger partial charge in [0.05, 0.1) is 24.5 Å². The van der Waals surface area contributed by atoms with Gasteiger partial charge in [-0.2, -0.15) is 0 Å². The van der Waals surface area contributed by atoms with Gasteiger partial charge in [0.25, 0.3) is 0 Å². The summed E-state index contributed by atoms with van der Waals surface area (Å²) in [5.41, 5.74) is 2.62. The van der Waals surface area contributed by atoms with Gasteiger partial charge in [0.15, 0.2) is 5.78 Å². The highest BCUT2D eigenvalue weighted by Gasteiger charge is 2.45. The van der Waals surface area contributed by atoms with Crippen molar-refractivity contribution in [2.24, 2.45) is 11.8 Å². The summed E-state index contributed by atoms with van der Waals surface area (Å²) in [6, 6.07) is 11.0. The molecular formula is C22H20ClFN2O3. The van der Waals surface area contributed by atoms with Crippen molar-refractivity contribution in [2.45, 2.75) is 19.4 Å². The number of esters is 1. The Kier molecular flexibility index (Phi) is 5.04. The zero-order chi connectivity index (χ0) is 20.7. The number of methoxy groups -OCH3 is 1. The number of fused-ring (bicyclic) bond motifs is 1. The molecule has 1 aliphatic heterocycles. The average Bonchev–Trinajstić information content (AvgIpc) is 2.84. The van der Waals surface area contributed by atoms with Crippen molar-refractivity contribution < 1.29 is 18.7 Å². The predicted octanol–water partition coefficient (Wildman–Crippen LogP) is 4.71. The van der Waals surface area contributed by atoms with Crippen LogP contribution in [0.4, 0.5) is 15.8 Å². The van der Waals surface area contributed by atoms with Crippen LogP contribution in [0.25, 0.3) is 0 Å². The number of carbonyl (C=O) groups excluding carboxylic acids is 2. The Morgan fingerprint density at radius 1 is 1.17 bits per heavy atom. The van der Waals surface area contributed by atoms with Gasteiger partial charge >= 0.3 is 5.97 Å². The molecule has 1 aliphatic carbocycles. The molecule has 0 saturated carbocycles. The van der Waals surface area contributed by atoms with Crippen molar-refractivity contribution in [1.29, 1.82) is 0 Å². The molecule has 4 rings (SSSR count). The number of ketones is 1. The summed E-state index contributed by atoms with van der Waals surface area (Å²) in [7, 11) is 1.26. The van der Waals surface area contributed by atoms with E-state index >= 15 is 0 Å². The fourth-order valence-electron chi connectivity index (χ4n) is 4.14. The maximum Gasteiger partial charge on any atom is 0.316 e. The van der Waals surface area contributed by atoms with Crippen LogP contribution in [-0.4, -0.2) is 18.9 Å². The van der Waals surface area contributed by atoms with Crippen molar-refractivity contribution in [3.05, 3.63) is 70.1 Å². The van der Waals surface area contributed by atoms with Crippen molar-refractivity contribution in [2.75, 3.05) is 17.7 Å². The first-order valence-electron chi connectivity index (χ1n) is 9.34. The van der Waals surface area contributed by atoms with E-state index in [2.05, 4.69) is 10.6 Å². The molecule has 5 nitrogen and oxygen atoms in total. The van der Waals surface area contributed by atoms with E-state index in [0.29, 0.717) is 23.4 Å². The number of rotatable bonds is 2. The molecule has 3 atom stereocenters. The summed E-state index contributed by atoms with van der Waals surface area (Å²) in [5, 5.41) is 6.78. The van der Waals surface area contributed by atoms with E-state index in [1.165, 1.54) is 19.2 Å². The van der Waals surface area contributed by atoms with E-state index in [9.17, 15) is 14.0 Å². The average molecular weight is 415 g/mol. The van der Waals surface area contributed by atoms with Gasteiger partial charge in [-0.1, -0.05) is 36.7 Å². The Bertz CT molecular complexity index is 1020. The molecule has 0 radical (unpaired) electrons. The van der Waals surface area contributed by atoms with Gasteiger partial charge in [0.2, 0.25) is 0 Å². The summed E-state index contributed by atoms with van der Waals surface area (Å²) in [6.07, 6.45) is 0.444. The number of halogens is 2. The first-order chi connectivity index (χ1) is 13.9. The molecule has 0 fully saturated rings. The maximum absolute atomic E-state index is 14.9. The Hall–Kier alpha value is -2.86. The van der Waals surface area contributed by atoms with Gasteiger partial charge in [-0.05, 0) is 36.6 Å². The predicted molar refractivity (Wildman–Crippen MR) is 109 cm³/mol. The molecule has 1 heterocycles. The topological polar surface area (TPSA) is 67.4 Å². The second-order valence-corrected chi connectivity index (χ2v) is 7.73. The second kappa shape index (κ2) is 7.52. The van der Waals surface area contributed by atoms with E-state index in [4.69, 9.17) is 16.3 Å². The van der Waals surface area contributed by atoms with Gasteiger partial charge in [0.1, 0.15) is 11.7 Å². The van der Waals surface area contributed by atoms with Gasteiger partial charge in [-0.25, -0.2) is 4.39 Å². The number of ether oxygens (including phenoxy) is 1. The molecule has 2 aliphatic rings. The molecule has 0 unspecified atom stereocenters. The largest absolute Gasteiger partial charge is 0.468 e.